The number of hydrogen-bond acceptors (Lipinski definition) is 5. The van der Waals surface area contributed by atoms with Crippen molar-refractivity contribution in [1.29, 1.82) is 0 Å². The highest BCUT2D eigenvalue weighted by Gasteiger charge is 2.19. The van der Waals surface area contributed by atoms with Crippen molar-refractivity contribution in [3.05, 3.63) is 69.4 Å². The van der Waals surface area contributed by atoms with Gasteiger partial charge in [0.1, 0.15) is 16.9 Å². The molecule has 3 N–H and O–H groups in total. The van der Waals surface area contributed by atoms with Gasteiger partial charge in [-0.15, -0.1) is 0 Å². The molecular weight excluding hydrogens is 353 g/mol. The number of ether oxygens (including phenoxy) is 1. The molecule has 3 aromatic rings. The molecule has 0 atom stereocenters. The molecule has 3 rings (SSSR count). The van der Waals surface area contributed by atoms with Gasteiger partial charge >= 0.3 is 0 Å². The highest BCUT2D eigenvalue weighted by atomic mass is 19.1. The van der Waals surface area contributed by atoms with Crippen LogP contribution in [0.15, 0.2) is 41.3 Å². The van der Waals surface area contributed by atoms with Crippen molar-refractivity contribution in [1.82, 2.24) is 15.3 Å². The van der Waals surface area contributed by atoms with Crippen molar-refractivity contribution >= 4 is 16.9 Å². The highest BCUT2D eigenvalue weighted by Crippen LogP contribution is 2.24. The van der Waals surface area contributed by atoms with Crippen LogP contribution in [0.25, 0.3) is 11.0 Å². The van der Waals surface area contributed by atoms with Crippen molar-refractivity contribution in [2.75, 3.05) is 20.3 Å². The number of aromatic hydroxyl groups is 1. The first-order chi connectivity index (χ1) is 13.0. The average molecular weight is 371 g/mol. The van der Waals surface area contributed by atoms with Crippen LogP contribution in [0.4, 0.5) is 4.39 Å². The second-order valence-corrected chi connectivity index (χ2v) is 5.97. The van der Waals surface area contributed by atoms with Crippen molar-refractivity contribution in [3.8, 4) is 5.75 Å². The lowest BCUT2D eigenvalue weighted by molar-refractivity contribution is 0.0933. The predicted octanol–water partition coefficient (Wildman–Crippen LogP) is 1.73. The van der Waals surface area contributed by atoms with E-state index in [0.717, 1.165) is 11.1 Å². The lowest BCUT2D eigenvalue weighted by atomic mass is 10.1. The molecule has 7 nitrogen and oxygen atoms in total. The van der Waals surface area contributed by atoms with Gasteiger partial charge in [0.2, 0.25) is 0 Å². The molecule has 8 heteroatoms. The van der Waals surface area contributed by atoms with Gasteiger partial charge in [0.05, 0.1) is 12.1 Å². The molecule has 0 radical (unpaired) electrons. The third-order valence-electron chi connectivity index (χ3n) is 4.02. The third-order valence-corrected chi connectivity index (χ3v) is 4.02. The molecule has 1 amide bonds. The van der Waals surface area contributed by atoms with E-state index < -0.39 is 22.8 Å². The Kier molecular flexibility index (Phi) is 5.46. The van der Waals surface area contributed by atoms with Crippen LogP contribution < -0.4 is 10.9 Å². The van der Waals surface area contributed by atoms with Crippen LogP contribution in [0.1, 0.15) is 21.5 Å². The van der Waals surface area contributed by atoms with Crippen LogP contribution in [0.3, 0.4) is 0 Å². The summed E-state index contributed by atoms with van der Waals surface area (Å²) in [6, 6.07) is 7.72. The second-order valence-electron chi connectivity index (χ2n) is 5.97. The topological polar surface area (TPSA) is 104 Å². The van der Waals surface area contributed by atoms with Crippen LogP contribution >= 0.6 is 0 Å². The number of aromatic nitrogens is 2. The van der Waals surface area contributed by atoms with E-state index in [4.69, 9.17) is 4.74 Å². The maximum atomic E-state index is 13.0. The molecule has 2 heterocycles. The van der Waals surface area contributed by atoms with Gasteiger partial charge in [-0.2, -0.15) is 0 Å². The standard InChI is InChI=1S/C19H18FN3O4/c1-27-7-6-21-18(25)15-17(24)16-14(23-19(15)26)9-12(10-22-16)8-11-2-4-13(20)5-3-11/h2-5,9-10H,6-8H2,1H3,(H,21,25)(H2,23,24,26). The summed E-state index contributed by atoms with van der Waals surface area (Å²) in [7, 11) is 1.49. The number of rotatable bonds is 6. The lowest BCUT2D eigenvalue weighted by Crippen LogP contribution is -2.32. The first kappa shape index (κ1) is 18.5. The Balaban J connectivity index is 1.92. The summed E-state index contributed by atoms with van der Waals surface area (Å²) >= 11 is 0. The minimum absolute atomic E-state index is 0.120. The minimum atomic E-state index is -0.712. The number of methoxy groups -OCH3 is 1. The number of benzene rings is 1. The number of H-pyrrole nitrogens is 1. The summed E-state index contributed by atoms with van der Waals surface area (Å²) in [6.45, 7) is 0.485. The van der Waals surface area contributed by atoms with Crippen molar-refractivity contribution in [2.24, 2.45) is 0 Å². The highest BCUT2D eigenvalue weighted by molar-refractivity contribution is 6.01. The number of carbonyl (C=O) groups excluding carboxylic acids is 1. The van der Waals surface area contributed by atoms with Gasteiger partial charge in [0.15, 0.2) is 5.75 Å². The molecule has 1 aromatic carbocycles. The fraction of sp³-hybridized carbons (Fsp3) is 0.211. The number of halogens is 1. The molecule has 27 heavy (non-hydrogen) atoms. The van der Waals surface area contributed by atoms with Gasteiger partial charge in [-0.1, -0.05) is 12.1 Å². The van der Waals surface area contributed by atoms with Crippen LogP contribution in [0.2, 0.25) is 0 Å². The molecule has 0 fully saturated rings. The molecular formula is C19H18FN3O4. The molecule has 0 unspecified atom stereocenters. The maximum absolute atomic E-state index is 13.0. The Labute approximate surface area is 153 Å². The van der Waals surface area contributed by atoms with Crippen LogP contribution in [-0.2, 0) is 11.2 Å². The minimum Gasteiger partial charge on any atom is -0.505 e. The molecule has 0 aliphatic rings. The molecule has 2 aromatic heterocycles. The van der Waals surface area contributed by atoms with E-state index in [2.05, 4.69) is 15.3 Å². The molecule has 0 aliphatic heterocycles. The number of pyridine rings is 2. The van der Waals surface area contributed by atoms with E-state index in [1.54, 1.807) is 18.2 Å². The van der Waals surface area contributed by atoms with Gasteiger partial charge in [-0.25, -0.2) is 4.39 Å². The Hall–Kier alpha value is -3.26. The molecule has 0 aliphatic carbocycles. The van der Waals surface area contributed by atoms with Crippen molar-refractivity contribution in [3.63, 3.8) is 0 Å². The third kappa shape index (κ3) is 4.12. The Morgan fingerprint density at radius 3 is 2.74 bits per heavy atom. The van der Waals surface area contributed by atoms with E-state index >= 15 is 0 Å². The molecule has 140 valence electrons. The van der Waals surface area contributed by atoms with Crippen LogP contribution in [-0.4, -0.2) is 41.2 Å². The Morgan fingerprint density at radius 2 is 2.04 bits per heavy atom. The zero-order chi connectivity index (χ0) is 19.4. The van der Waals surface area contributed by atoms with Gasteiger partial charge in [0, 0.05) is 19.9 Å². The summed E-state index contributed by atoms with van der Waals surface area (Å²) in [6.07, 6.45) is 2.02. The normalized spacial score (nSPS) is 10.9. The maximum Gasteiger partial charge on any atom is 0.265 e. The Bertz CT molecular complexity index is 1030. The zero-order valence-electron chi connectivity index (χ0n) is 14.6. The predicted molar refractivity (Wildman–Crippen MR) is 97.4 cm³/mol. The number of nitrogens with one attached hydrogen (secondary N) is 2. The van der Waals surface area contributed by atoms with E-state index in [0.29, 0.717) is 11.9 Å². The fourth-order valence-corrected chi connectivity index (χ4v) is 2.70. The zero-order valence-corrected chi connectivity index (χ0v) is 14.6. The fourth-order valence-electron chi connectivity index (χ4n) is 2.70. The van der Waals surface area contributed by atoms with Crippen LogP contribution in [0.5, 0.6) is 5.75 Å². The number of hydrogen-bond donors (Lipinski definition) is 3. The lowest BCUT2D eigenvalue weighted by Gasteiger charge is -2.09. The van der Waals surface area contributed by atoms with Gasteiger partial charge in [0.25, 0.3) is 11.5 Å². The van der Waals surface area contributed by atoms with Crippen molar-refractivity contribution in [2.45, 2.75) is 6.42 Å². The Morgan fingerprint density at radius 1 is 1.30 bits per heavy atom. The van der Waals surface area contributed by atoms with Crippen LogP contribution in [0, 0.1) is 5.82 Å². The molecule has 0 saturated heterocycles. The quantitative estimate of drug-likeness (QED) is 0.573. The number of carbonyl (C=O) groups is 1. The number of nitrogens with zero attached hydrogens (tertiary/aromatic N) is 1. The summed E-state index contributed by atoms with van der Waals surface area (Å²) < 4.78 is 17.8. The largest absolute Gasteiger partial charge is 0.505 e. The van der Waals surface area contributed by atoms with Gasteiger partial charge in [-0.05, 0) is 35.7 Å². The monoisotopic (exact) mass is 371 g/mol. The van der Waals surface area contributed by atoms with E-state index in [-0.39, 0.29) is 24.5 Å². The van der Waals surface area contributed by atoms with Gasteiger partial charge in [-0.3, -0.25) is 14.6 Å². The average Bonchev–Trinajstić information content (AvgIpc) is 2.63. The molecule has 0 spiro atoms. The summed E-state index contributed by atoms with van der Waals surface area (Å²) in [4.78, 5) is 31.1. The van der Waals surface area contributed by atoms with Gasteiger partial charge < -0.3 is 20.1 Å². The summed E-state index contributed by atoms with van der Waals surface area (Å²) in [5.41, 5.74) is 0.965. The summed E-state index contributed by atoms with van der Waals surface area (Å²) in [5.74, 6) is -1.50. The van der Waals surface area contributed by atoms with E-state index in [1.807, 2.05) is 0 Å². The van der Waals surface area contributed by atoms with E-state index in [1.165, 1.54) is 25.4 Å². The summed E-state index contributed by atoms with van der Waals surface area (Å²) in [5, 5.41) is 12.8. The number of amides is 1. The second kappa shape index (κ2) is 7.96. The first-order valence-electron chi connectivity index (χ1n) is 8.25. The number of aromatic amines is 1. The number of fused-ring (bicyclic) bond motifs is 1. The first-order valence-corrected chi connectivity index (χ1v) is 8.25. The molecule has 0 bridgehead atoms. The molecule has 0 saturated carbocycles. The van der Waals surface area contributed by atoms with E-state index in [9.17, 15) is 19.1 Å². The van der Waals surface area contributed by atoms with Crippen molar-refractivity contribution < 1.29 is 19.0 Å². The smallest absolute Gasteiger partial charge is 0.265 e. The SMILES string of the molecule is COCCNC(=O)c1c(O)c2ncc(Cc3ccc(F)cc3)cc2[nH]c1=O.